The SMILES string of the molecule is Cc1cc(N2CCC(N)CC2)ccn1.Cl. The van der Waals surface area contributed by atoms with Crippen LogP contribution in [0.4, 0.5) is 5.69 Å². The number of piperidine rings is 1. The zero-order valence-corrected chi connectivity index (χ0v) is 9.83. The largest absolute Gasteiger partial charge is 0.371 e. The summed E-state index contributed by atoms with van der Waals surface area (Å²) in [5, 5.41) is 0. The van der Waals surface area contributed by atoms with Crippen LogP contribution in [0.15, 0.2) is 18.3 Å². The third kappa shape index (κ3) is 3.08. The van der Waals surface area contributed by atoms with Gasteiger partial charge < -0.3 is 10.6 Å². The standard InChI is InChI=1S/C11H17N3.ClH/c1-9-8-11(2-5-13-9)14-6-3-10(12)4-7-14;/h2,5,8,10H,3-4,6-7,12H2,1H3;1H. The monoisotopic (exact) mass is 227 g/mol. The van der Waals surface area contributed by atoms with Gasteiger partial charge in [-0.1, -0.05) is 0 Å². The van der Waals surface area contributed by atoms with E-state index in [1.165, 1.54) is 5.69 Å². The molecule has 2 rings (SSSR count). The smallest absolute Gasteiger partial charge is 0.0399 e. The molecule has 0 radical (unpaired) electrons. The summed E-state index contributed by atoms with van der Waals surface area (Å²) in [6.45, 7) is 4.18. The van der Waals surface area contributed by atoms with Crippen LogP contribution in [-0.2, 0) is 0 Å². The lowest BCUT2D eigenvalue weighted by Crippen LogP contribution is -2.39. The summed E-state index contributed by atoms with van der Waals surface area (Å²) in [6.07, 6.45) is 4.07. The highest BCUT2D eigenvalue weighted by Crippen LogP contribution is 2.19. The van der Waals surface area contributed by atoms with Gasteiger partial charge in [0.25, 0.3) is 0 Å². The molecule has 3 nitrogen and oxygen atoms in total. The van der Waals surface area contributed by atoms with Gasteiger partial charge in [-0.15, -0.1) is 12.4 Å². The van der Waals surface area contributed by atoms with Crippen molar-refractivity contribution in [3.8, 4) is 0 Å². The van der Waals surface area contributed by atoms with Crippen LogP contribution >= 0.6 is 12.4 Å². The number of pyridine rings is 1. The number of aromatic nitrogens is 1. The van der Waals surface area contributed by atoms with Gasteiger partial charge in [-0.25, -0.2) is 0 Å². The summed E-state index contributed by atoms with van der Waals surface area (Å²) in [4.78, 5) is 6.59. The van der Waals surface area contributed by atoms with Crippen LogP contribution in [-0.4, -0.2) is 24.1 Å². The van der Waals surface area contributed by atoms with E-state index in [0.29, 0.717) is 6.04 Å². The first-order chi connectivity index (χ1) is 6.75. The lowest BCUT2D eigenvalue weighted by molar-refractivity contribution is 0.501. The molecule has 1 saturated heterocycles. The Bertz CT molecular complexity index is 308. The van der Waals surface area contributed by atoms with Crippen LogP contribution in [0.2, 0.25) is 0 Å². The lowest BCUT2D eigenvalue weighted by Gasteiger charge is -2.32. The highest BCUT2D eigenvalue weighted by atomic mass is 35.5. The zero-order chi connectivity index (χ0) is 9.97. The molecule has 1 fully saturated rings. The normalized spacial score (nSPS) is 17.3. The Morgan fingerprint density at radius 1 is 1.40 bits per heavy atom. The van der Waals surface area contributed by atoms with Crippen molar-refractivity contribution in [2.24, 2.45) is 5.73 Å². The van der Waals surface area contributed by atoms with Gasteiger partial charge in [-0.3, -0.25) is 4.98 Å². The molecule has 1 aliphatic rings. The molecular formula is C11H18ClN3. The number of rotatable bonds is 1. The van der Waals surface area contributed by atoms with Gasteiger partial charge in [0.2, 0.25) is 0 Å². The Labute approximate surface area is 97.1 Å². The molecule has 1 aliphatic heterocycles. The molecule has 84 valence electrons. The Kier molecular flexibility index (Phi) is 4.36. The van der Waals surface area contributed by atoms with E-state index in [1.807, 2.05) is 13.1 Å². The minimum Gasteiger partial charge on any atom is -0.371 e. The summed E-state index contributed by atoms with van der Waals surface area (Å²) in [6, 6.07) is 4.61. The Morgan fingerprint density at radius 2 is 2.07 bits per heavy atom. The van der Waals surface area contributed by atoms with Crippen LogP contribution in [0, 0.1) is 6.92 Å². The number of aryl methyl sites for hydroxylation is 1. The molecule has 4 heteroatoms. The van der Waals surface area contributed by atoms with Crippen molar-refractivity contribution in [3.63, 3.8) is 0 Å². The lowest BCUT2D eigenvalue weighted by atomic mass is 10.1. The van der Waals surface area contributed by atoms with E-state index in [1.54, 1.807) is 0 Å². The Balaban J connectivity index is 0.00000112. The number of hydrogen-bond acceptors (Lipinski definition) is 3. The first-order valence-electron chi connectivity index (χ1n) is 5.19. The van der Waals surface area contributed by atoms with Crippen molar-refractivity contribution in [1.82, 2.24) is 4.98 Å². The fraction of sp³-hybridized carbons (Fsp3) is 0.545. The molecule has 0 saturated carbocycles. The molecule has 0 aliphatic carbocycles. The van der Waals surface area contributed by atoms with Gasteiger partial charge in [0, 0.05) is 36.7 Å². The van der Waals surface area contributed by atoms with E-state index < -0.39 is 0 Å². The first-order valence-corrected chi connectivity index (χ1v) is 5.19. The maximum absolute atomic E-state index is 5.87. The van der Waals surface area contributed by atoms with Crippen molar-refractivity contribution in [2.45, 2.75) is 25.8 Å². The summed E-state index contributed by atoms with van der Waals surface area (Å²) < 4.78 is 0. The van der Waals surface area contributed by atoms with E-state index in [2.05, 4.69) is 22.0 Å². The quantitative estimate of drug-likeness (QED) is 0.795. The van der Waals surface area contributed by atoms with Crippen LogP contribution < -0.4 is 10.6 Å². The van der Waals surface area contributed by atoms with Crippen molar-refractivity contribution in [1.29, 1.82) is 0 Å². The van der Waals surface area contributed by atoms with E-state index in [9.17, 15) is 0 Å². The van der Waals surface area contributed by atoms with Gasteiger partial charge in [0.1, 0.15) is 0 Å². The number of nitrogens with zero attached hydrogens (tertiary/aromatic N) is 2. The molecule has 0 unspecified atom stereocenters. The van der Waals surface area contributed by atoms with Crippen molar-refractivity contribution in [2.75, 3.05) is 18.0 Å². The van der Waals surface area contributed by atoms with Gasteiger partial charge in [0.05, 0.1) is 0 Å². The van der Waals surface area contributed by atoms with Crippen molar-refractivity contribution < 1.29 is 0 Å². The summed E-state index contributed by atoms with van der Waals surface area (Å²) in [5.74, 6) is 0. The van der Waals surface area contributed by atoms with E-state index in [4.69, 9.17) is 5.73 Å². The number of anilines is 1. The summed E-state index contributed by atoms with van der Waals surface area (Å²) in [7, 11) is 0. The number of hydrogen-bond donors (Lipinski definition) is 1. The van der Waals surface area contributed by atoms with Crippen LogP contribution in [0.1, 0.15) is 18.5 Å². The maximum Gasteiger partial charge on any atom is 0.0399 e. The first kappa shape index (κ1) is 12.3. The van der Waals surface area contributed by atoms with E-state index in [0.717, 1.165) is 31.6 Å². The second-order valence-corrected chi connectivity index (χ2v) is 3.98. The van der Waals surface area contributed by atoms with E-state index >= 15 is 0 Å². The number of nitrogens with two attached hydrogens (primary N) is 1. The van der Waals surface area contributed by atoms with Crippen LogP contribution in [0.25, 0.3) is 0 Å². The topological polar surface area (TPSA) is 42.1 Å². The Morgan fingerprint density at radius 3 is 2.67 bits per heavy atom. The molecule has 0 atom stereocenters. The van der Waals surface area contributed by atoms with Gasteiger partial charge in [-0.2, -0.15) is 0 Å². The molecule has 1 aromatic rings. The maximum atomic E-state index is 5.87. The third-order valence-corrected chi connectivity index (χ3v) is 2.79. The fourth-order valence-corrected chi connectivity index (χ4v) is 1.88. The summed E-state index contributed by atoms with van der Waals surface area (Å²) >= 11 is 0. The van der Waals surface area contributed by atoms with Gasteiger partial charge in [0.15, 0.2) is 0 Å². The molecule has 0 amide bonds. The molecule has 1 aromatic heterocycles. The minimum absolute atomic E-state index is 0. The highest BCUT2D eigenvalue weighted by Gasteiger charge is 2.15. The average molecular weight is 228 g/mol. The average Bonchev–Trinajstić information content (AvgIpc) is 2.19. The molecule has 0 bridgehead atoms. The van der Waals surface area contributed by atoms with Crippen LogP contribution in [0.5, 0.6) is 0 Å². The fourth-order valence-electron chi connectivity index (χ4n) is 1.88. The third-order valence-electron chi connectivity index (χ3n) is 2.79. The molecular weight excluding hydrogens is 210 g/mol. The summed E-state index contributed by atoms with van der Waals surface area (Å²) in [5.41, 5.74) is 8.23. The molecule has 2 N–H and O–H groups in total. The second kappa shape index (κ2) is 5.33. The van der Waals surface area contributed by atoms with Gasteiger partial charge >= 0.3 is 0 Å². The molecule has 2 heterocycles. The van der Waals surface area contributed by atoms with Crippen LogP contribution in [0.3, 0.4) is 0 Å². The second-order valence-electron chi connectivity index (χ2n) is 3.98. The Hall–Kier alpha value is -0.800. The van der Waals surface area contributed by atoms with E-state index in [-0.39, 0.29) is 12.4 Å². The number of halogens is 1. The molecule has 0 aromatic carbocycles. The minimum atomic E-state index is 0. The molecule has 15 heavy (non-hydrogen) atoms. The predicted octanol–water partition coefficient (Wildman–Crippen LogP) is 1.74. The van der Waals surface area contributed by atoms with Gasteiger partial charge in [-0.05, 0) is 31.9 Å². The highest BCUT2D eigenvalue weighted by molar-refractivity contribution is 5.85. The molecule has 0 spiro atoms. The van der Waals surface area contributed by atoms with Crippen molar-refractivity contribution >= 4 is 18.1 Å². The zero-order valence-electron chi connectivity index (χ0n) is 9.02. The predicted molar refractivity (Wildman–Crippen MR) is 65.6 cm³/mol. The van der Waals surface area contributed by atoms with Crippen molar-refractivity contribution in [3.05, 3.63) is 24.0 Å².